The predicted molar refractivity (Wildman–Crippen MR) is 257 cm³/mol. The minimum absolute atomic E-state index is 0.0207. The Morgan fingerprint density at radius 1 is 0.471 bits per heavy atom. The second kappa shape index (κ2) is 33.4. The van der Waals surface area contributed by atoms with Gasteiger partial charge in [-0.15, -0.1) is 0 Å². The van der Waals surface area contributed by atoms with E-state index in [9.17, 15) is 28.8 Å². The van der Waals surface area contributed by atoms with Gasteiger partial charge in [0.05, 0.1) is 112 Å². The standard InChI is InChI=1S/C50H76N4O16/c1-49(2,3)69-46(58)16-22-62-27-31-66-33-29-64-24-18-51-43(55)35-54(36-44(56)52-19-25-65-30-34-67-32-28-63-23-17-47(59)70-50(4,5)6)45(57)15-21-61-26-20-53-48(60)68-37-42-40-13-9-7-11-38(40)39-12-8-10-14-41(39)42/h7-14,42H,15-37H2,1-6H3,(H,51,55)(H,52,56)(H,53,60). The zero-order chi connectivity index (χ0) is 51.0. The Kier molecular flexibility index (Phi) is 28.2. The summed E-state index contributed by atoms with van der Waals surface area (Å²) in [6.45, 7) is 13.9. The number of carbonyl (C=O) groups excluding carboxylic acids is 6. The first-order valence-corrected chi connectivity index (χ1v) is 23.9. The first kappa shape index (κ1) is 59.1. The van der Waals surface area contributed by atoms with Gasteiger partial charge < -0.3 is 68.2 Å². The van der Waals surface area contributed by atoms with E-state index in [1.807, 2.05) is 36.4 Å². The predicted octanol–water partition coefficient (Wildman–Crippen LogP) is 3.56. The lowest BCUT2D eigenvalue weighted by molar-refractivity contribution is -0.157. The van der Waals surface area contributed by atoms with Crippen LogP contribution in [0.3, 0.4) is 0 Å². The molecule has 20 nitrogen and oxygen atoms in total. The zero-order valence-electron chi connectivity index (χ0n) is 41.9. The molecule has 0 heterocycles. The summed E-state index contributed by atoms with van der Waals surface area (Å²) in [6.07, 6.45) is -0.407. The van der Waals surface area contributed by atoms with Gasteiger partial charge in [-0.3, -0.25) is 24.0 Å². The molecule has 70 heavy (non-hydrogen) atoms. The third-order valence-electron chi connectivity index (χ3n) is 9.71. The lowest BCUT2D eigenvalue weighted by Crippen LogP contribution is -2.46. The quantitative estimate of drug-likeness (QED) is 0.0503. The van der Waals surface area contributed by atoms with Crippen LogP contribution in [0.4, 0.5) is 4.79 Å². The Bertz CT molecular complexity index is 1770. The number of fused-ring (bicyclic) bond motifs is 3. The number of hydrogen-bond donors (Lipinski definition) is 3. The number of hydrogen-bond acceptors (Lipinski definition) is 16. The van der Waals surface area contributed by atoms with Gasteiger partial charge in [0.15, 0.2) is 0 Å². The molecule has 2 aromatic rings. The van der Waals surface area contributed by atoms with Crippen LogP contribution in [0, 0.1) is 0 Å². The molecule has 4 amide bonds. The number of nitrogens with one attached hydrogen (secondary N) is 3. The van der Waals surface area contributed by atoms with E-state index in [0.29, 0.717) is 39.6 Å². The summed E-state index contributed by atoms with van der Waals surface area (Å²) >= 11 is 0. The number of nitrogens with zero attached hydrogens (tertiary/aromatic N) is 1. The molecule has 3 N–H and O–H groups in total. The van der Waals surface area contributed by atoms with Gasteiger partial charge in [0.1, 0.15) is 30.9 Å². The van der Waals surface area contributed by atoms with Gasteiger partial charge in [0.2, 0.25) is 17.7 Å². The number of benzene rings is 2. The summed E-state index contributed by atoms with van der Waals surface area (Å²) in [5.41, 5.74) is 3.39. The maximum atomic E-state index is 13.3. The fourth-order valence-corrected chi connectivity index (χ4v) is 6.69. The van der Waals surface area contributed by atoms with Gasteiger partial charge in [-0.1, -0.05) is 48.5 Å². The van der Waals surface area contributed by atoms with E-state index in [1.54, 1.807) is 41.5 Å². The molecule has 0 aromatic heterocycles. The van der Waals surface area contributed by atoms with Crippen LogP contribution in [0.1, 0.15) is 77.8 Å². The van der Waals surface area contributed by atoms with Crippen molar-refractivity contribution < 1.29 is 76.1 Å². The molecule has 20 heteroatoms. The van der Waals surface area contributed by atoms with E-state index < -0.39 is 35.0 Å². The number of alkyl carbamates (subject to hydrolysis) is 1. The smallest absolute Gasteiger partial charge is 0.407 e. The van der Waals surface area contributed by atoms with Crippen molar-refractivity contribution in [2.24, 2.45) is 0 Å². The van der Waals surface area contributed by atoms with E-state index in [0.717, 1.165) is 27.2 Å². The molecule has 0 saturated heterocycles. The van der Waals surface area contributed by atoms with Crippen LogP contribution >= 0.6 is 0 Å². The highest BCUT2D eigenvalue weighted by molar-refractivity contribution is 5.89. The van der Waals surface area contributed by atoms with Gasteiger partial charge in [-0.2, -0.15) is 0 Å². The third kappa shape index (κ3) is 26.7. The number of carbonyl (C=O) groups is 6. The topological polar surface area (TPSA) is 234 Å². The number of esters is 2. The van der Waals surface area contributed by atoms with Crippen LogP contribution in [0.2, 0.25) is 0 Å². The van der Waals surface area contributed by atoms with Crippen LogP contribution in [-0.2, 0) is 71.3 Å². The molecule has 0 bridgehead atoms. The van der Waals surface area contributed by atoms with Crippen molar-refractivity contribution in [2.45, 2.75) is 77.9 Å². The molecule has 1 aliphatic rings. The van der Waals surface area contributed by atoms with Crippen LogP contribution < -0.4 is 16.0 Å². The Morgan fingerprint density at radius 3 is 1.26 bits per heavy atom. The Morgan fingerprint density at radius 2 is 0.829 bits per heavy atom. The second-order valence-electron chi connectivity index (χ2n) is 17.9. The molecule has 0 aliphatic heterocycles. The minimum Gasteiger partial charge on any atom is -0.460 e. The van der Waals surface area contributed by atoms with Gasteiger partial charge >= 0.3 is 18.0 Å². The molecule has 0 radical (unpaired) electrons. The Labute approximate surface area is 412 Å². The maximum Gasteiger partial charge on any atom is 0.407 e. The van der Waals surface area contributed by atoms with Crippen LogP contribution in [0.15, 0.2) is 48.5 Å². The van der Waals surface area contributed by atoms with Crippen LogP contribution in [0.25, 0.3) is 11.1 Å². The highest BCUT2D eigenvalue weighted by Crippen LogP contribution is 2.44. The van der Waals surface area contributed by atoms with Crippen molar-refractivity contribution in [3.05, 3.63) is 59.7 Å². The molecular weight excluding hydrogens is 913 g/mol. The minimum atomic E-state index is -0.590. The molecule has 392 valence electrons. The first-order chi connectivity index (χ1) is 33.5. The van der Waals surface area contributed by atoms with Crippen molar-refractivity contribution in [3.8, 4) is 11.1 Å². The van der Waals surface area contributed by atoms with E-state index in [1.165, 1.54) is 0 Å². The monoisotopic (exact) mass is 989 g/mol. The number of amides is 4. The van der Waals surface area contributed by atoms with E-state index in [4.69, 9.17) is 47.4 Å². The van der Waals surface area contributed by atoms with Crippen LogP contribution in [0.5, 0.6) is 0 Å². The molecule has 0 fully saturated rings. The molecule has 0 atom stereocenters. The summed E-state index contributed by atoms with van der Waals surface area (Å²) in [6, 6.07) is 16.1. The lowest BCUT2D eigenvalue weighted by atomic mass is 9.98. The molecule has 2 aromatic carbocycles. The molecule has 3 rings (SSSR count). The van der Waals surface area contributed by atoms with Gasteiger partial charge in [-0.05, 0) is 63.8 Å². The largest absolute Gasteiger partial charge is 0.460 e. The first-order valence-electron chi connectivity index (χ1n) is 23.9. The average Bonchev–Trinajstić information content (AvgIpc) is 3.61. The molecule has 0 saturated carbocycles. The second-order valence-corrected chi connectivity index (χ2v) is 17.9. The molecule has 0 unspecified atom stereocenters. The molecular formula is C50H76N4O16. The van der Waals surface area contributed by atoms with Gasteiger partial charge in [0, 0.05) is 25.6 Å². The SMILES string of the molecule is CC(C)(C)OC(=O)CCOCCOCCOCCNC(=O)CN(CC(=O)NCCOCCOCCOCCC(=O)OC(C)(C)C)C(=O)CCOCCNC(=O)OCC1c2ccccc2-c2ccccc21. The van der Waals surface area contributed by atoms with E-state index >= 15 is 0 Å². The number of rotatable bonds is 36. The maximum absolute atomic E-state index is 13.3. The molecule has 1 aliphatic carbocycles. The van der Waals surface area contributed by atoms with Gasteiger partial charge in [-0.25, -0.2) is 4.79 Å². The summed E-state index contributed by atoms with van der Waals surface area (Å²) in [4.78, 5) is 76.2. The third-order valence-corrected chi connectivity index (χ3v) is 9.71. The van der Waals surface area contributed by atoms with Crippen molar-refractivity contribution in [2.75, 3.05) is 132 Å². The highest BCUT2D eigenvalue weighted by Gasteiger charge is 2.29. The Balaban J connectivity index is 1.31. The fraction of sp³-hybridized carbons (Fsp3) is 0.640. The normalized spacial score (nSPS) is 12.1. The average molecular weight is 989 g/mol. The highest BCUT2D eigenvalue weighted by atomic mass is 16.6. The van der Waals surface area contributed by atoms with Crippen molar-refractivity contribution in [1.29, 1.82) is 0 Å². The summed E-state index contributed by atoms with van der Waals surface area (Å²) in [5.74, 6) is -2.20. The van der Waals surface area contributed by atoms with Crippen molar-refractivity contribution in [1.82, 2.24) is 20.9 Å². The zero-order valence-corrected chi connectivity index (χ0v) is 41.9. The summed E-state index contributed by atoms with van der Waals surface area (Å²) < 4.78 is 54.4. The van der Waals surface area contributed by atoms with E-state index in [2.05, 4.69) is 28.1 Å². The summed E-state index contributed by atoms with van der Waals surface area (Å²) in [5, 5.41) is 8.06. The fourth-order valence-electron chi connectivity index (χ4n) is 6.69. The summed E-state index contributed by atoms with van der Waals surface area (Å²) in [7, 11) is 0. The van der Waals surface area contributed by atoms with Crippen LogP contribution in [-0.4, -0.2) is 184 Å². The van der Waals surface area contributed by atoms with Gasteiger partial charge in [0.25, 0.3) is 0 Å². The lowest BCUT2D eigenvalue weighted by Gasteiger charge is -2.22. The van der Waals surface area contributed by atoms with E-state index in [-0.39, 0.29) is 129 Å². The molecule has 0 spiro atoms. The van der Waals surface area contributed by atoms with Crippen molar-refractivity contribution >= 4 is 35.8 Å². The number of ether oxygens (including phenoxy) is 10. The Hall–Kier alpha value is -5.22. The van der Waals surface area contributed by atoms with Crippen molar-refractivity contribution in [3.63, 3.8) is 0 Å².